The van der Waals surface area contributed by atoms with Crippen LogP contribution in [0.25, 0.3) is 0 Å². The second-order valence-corrected chi connectivity index (χ2v) is 14.8. The van der Waals surface area contributed by atoms with Crippen molar-refractivity contribution in [3.8, 4) is 0 Å². The molecule has 302 valence electrons. The van der Waals surface area contributed by atoms with Gasteiger partial charge in [-0.25, -0.2) is 0 Å². The number of thiol groups is 1. The summed E-state index contributed by atoms with van der Waals surface area (Å²) in [5.74, 6) is 0. The van der Waals surface area contributed by atoms with Gasteiger partial charge in [0.2, 0.25) is 0 Å². The fourth-order valence-electron chi connectivity index (χ4n) is 3.95. The summed E-state index contributed by atoms with van der Waals surface area (Å²) in [5, 5.41) is 0. The van der Waals surface area contributed by atoms with Crippen LogP contribution in [-0.2, 0) is 41.4 Å². The molecule has 0 aliphatic rings. The standard InChI is InChI=1S/C13H12S.C13H28.C6H6O3S.C2F6O3S.O3S/c14-13-8-6-12(7-9-13)10-11-4-2-1-3-5-11;1-3-5-7-9-11-13-12-10-8-6-4-2;7-10(8,9)6-4-2-1-3-5-6;3-1(4,5)11-12(9,10)2(6,7)8;1-4(2)3/h1-9,14H,10H2;3-13H2,1-2H3;1-5H,(H,7,8,9);;. The minimum atomic E-state index is -6.58. The SMILES string of the molecule is CCCCCCCCCCCCC.O=S(=O)(O)c1ccccc1.O=S(=O)(OC(F)(F)F)C(F)(F)F.O=S(=O)=O.Sc1ccc(Cc2ccccc2)cc1. The van der Waals surface area contributed by atoms with Crippen molar-refractivity contribution in [2.75, 3.05) is 0 Å². The van der Waals surface area contributed by atoms with Gasteiger partial charge >= 0.3 is 32.6 Å². The van der Waals surface area contributed by atoms with Crippen LogP contribution in [0, 0.1) is 0 Å². The van der Waals surface area contributed by atoms with E-state index in [4.69, 9.17) is 17.2 Å². The van der Waals surface area contributed by atoms with Gasteiger partial charge in [-0.15, -0.1) is 38.4 Å². The molecule has 0 heterocycles. The molecule has 0 saturated carbocycles. The molecule has 1 N–H and O–H groups in total. The number of hydrogen-bond donors (Lipinski definition) is 2. The van der Waals surface area contributed by atoms with E-state index < -0.39 is 42.7 Å². The highest BCUT2D eigenvalue weighted by molar-refractivity contribution is 7.87. The lowest BCUT2D eigenvalue weighted by atomic mass is 10.1. The Kier molecular flexibility index (Phi) is 28.0. The number of rotatable bonds is 14. The second-order valence-electron chi connectivity index (χ2n) is 10.9. The minimum absolute atomic E-state index is 0.0741. The fourth-order valence-corrected chi connectivity index (χ4v) is 4.94. The monoisotopic (exact) mass is 840 g/mol. The van der Waals surface area contributed by atoms with E-state index in [1.165, 1.54) is 93.9 Å². The van der Waals surface area contributed by atoms with E-state index in [0.717, 1.165) is 11.3 Å². The van der Waals surface area contributed by atoms with Crippen molar-refractivity contribution >= 4 is 43.5 Å². The van der Waals surface area contributed by atoms with Gasteiger partial charge in [0.15, 0.2) is 0 Å². The van der Waals surface area contributed by atoms with Crippen LogP contribution in [0.1, 0.15) is 95.6 Å². The molecule has 0 saturated heterocycles. The van der Waals surface area contributed by atoms with Gasteiger partial charge in [0.25, 0.3) is 10.1 Å². The van der Waals surface area contributed by atoms with Crippen LogP contribution in [0.5, 0.6) is 0 Å². The van der Waals surface area contributed by atoms with Gasteiger partial charge in [-0.2, -0.15) is 34.2 Å². The van der Waals surface area contributed by atoms with Crippen molar-refractivity contribution in [3.05, 3.63) is 96.1 Å². The van der Waals surface area contributed by atoms with Crippen molar-refractivity contribution in [3.63, 3.8) is 0 Å². The van der Waals surface area contributed by atoms with E-state index in [0.29, 0.717) is 0 Å². The summed E-state index contributed by atoms with van der Waals surface area (Å²) in [7, 11) is -13.7. The summed E-state index contributed by atoms with van der Waals surface area (Å²) in [5.41, 5.74) is -3.39. The smallest absolute Gasteiger partial charge is 0.282 e. The first-order valence-corrected chi connectivity index (χ1v) is 20.5. The van der Waals surface area contributed by atoms with E-state index in [2.05, 4.69) is 62.9 Å². The molecule has 0 aliphatic heterocycles. The van der Waals surface area contributed by atoms with Gasteiger partial charge in [0, 0.05) is 4.90 Å². The summed E-state index contributed by atoms with van der Waals surface area (Å²) in [4.78, 5) is 0.941. The molecule has 0 atom stereocenters. The normalized spacial score (nSPS) is 11.2. The van der Waals surface area contributed by atoms with Crippen LogP contribution in [0.3, 0.4) is 0 Å². The van der Waals surface area contributed by atoms with Crippen molar-refractivity contribution in [1.29, 1.82) is 0 Å². The summed E-state index contributed by atoms with van der Waals surface area (Å²) in [6.45, 7) is 4.56. The number of unbranched alkanes of at least 4 members (excludes halogenated alkanes) is 10. The third kappa shape index (κ3) is 32.2. The van der Waals surface area contributed by atoms with E-state index in [1.807, 2.05) is 22.4 Å². The van der Waals surface area contributed by atoms with Crippen molar-refractivity contribution in [1.82, 2.24) is 0 Å². The number of hydrogen-bond acceptors (Lipinski definition) is 9. The summed E-state index contributed by atoms with van der Waals surface area (Å²) in [6.07, 6.45) is 11.1. The van der Waals surface area contributed by atoms with Gasteiger partial charge in [-0.3, -0.25) is 4.55 Å². The molecule has 0 fully saturated rings. The van der Waals surface area contributed by atoms with Crippen molar-refractivity contribution in [2.24, 2.45) is 0 Å². The van der Waals surface area contributed by atoms with Crippen molar-refractivity contribution < 1.29 is 64.5 Å². The van der Waals surface area contributed by atoms with Gasteiger partial charge in [0.1, 0.15) is 0 Å². The van der Waals surface area contributed by atoms with E-state index >= 15 is 0 Å². The highest BCUT2D eigenvalue weighted by Gasteiger charge is 2.53. The molecule has 0 amide bonds. The first-order chi connectivity index (χ1) is 24.6. The lowest BCUT2D eigenvalue weighted by Crippen LogP contribution is -2.31. The third-order valence-electron chi connectivity index (χ3n) is 6.42. The van der Waals surface area contributed by atoms with Crippen LogP contribution in [-0.4, -0.2) is 45.9 Å². The Bertz CT molecular complexity index is 1670. The Hall–Kier alpha value is -2.97. The fraction of sp³-hybridized carbons (Fsp3) is 0.471. The average Bonchev–Trinajstić information content (AvgIpc) is 3.05. The molecule has 0 aromatic heterocycles. The Morgan fingerprint density at radius 1 is 0.604 bits per heavy atom. The van der Waals surface area contributed by atoms with E-state index in [1.54, 1.807) is 18.2 Å². The third-order valence-corrected chi connectivity index (χ3v) is 8.56. The Morgan fingerprint density at radius 2 is 0.943 bits per heavy atom. The highest BCUT2D eigenvalue weighted by Crippen LogP contribution is 2.30. The Labute approximate surface area is 315 Å². The van der Waals surface area contributed by atoms with Crippen LogP contribution in [0.2, 0.25) is 0 Å². The molecule has 3 aromatic rings. The molecule has 0 unspecified atom stereocenters. The average molecular weight is 841 g/mol. The maximum absolute atomic E-state index is 11.2. The quantitative estimate of drug-likeness (QED) is 0.0404. The number of benzene rings is 3. The Balaban J connectivity index is 0. The molecule has 53 heavy (non-hydrogen) atoms. The van der Waals surface area contributed by atoms with E-state index in [-0.39, 0.29) is 4.90 Å². The first kappa shape index (κ1) is 52.1. The summed E-state index contributed by atoms with van der Waals surface area (Å²) < 4.78 is 142. The molecule has 0 aliphatic carbocycles. The van der Waals surface area contributed by atoms with E-state index in [9.17, 15) is 43.2 Å². The van der Waals surface area contributed by atoms with Crippen LogP contribution >= 0.6 is 12.6 Å². The molecule has 3 rings (SSSR count). The number of alkyl halides is 6. The van der Waals surface area contributed by atoms with Crippen LogP contribution in [0.4, 0.5) is 26.3 Å². The molecule has 19 heteroatoms. The van der Waals surface area contributed by atoms with Gasteiger partial charge in [0.05, 0.1) is 4.90 Å². The maximum atomic E-state index is 11.2. The molecule has 0 bridgehead atoms. The zero-order valence-electron chi connectivity index (χ0n) is 29.2. The topological polar surface area (TPSA) is 149 Å². The molecular formula is C34H46F6O9S4. The molecular weight excluding hydrogens is 795 g/mol. The van der Waals surface area contributed by atoms with Crippen LogP contribution < -0.4 is 0 Å². The predicted octanol–water partition coefficient (Wildman–Crippen LogP) is 10.2. The maximum Gasteiger partial charge on any atom is 0.537 e. The molecule has 9 nitrogen and oxygen atoms in total. The molecule has 0 spiro atoms. The zero-order chi connectivity index (χ0) is 41.0. The van der Waals surface area contributed by atoms with Crippen molar-refractivity contribution in [2.45, 2.75) is 113 Å². The lowest BCUT2D eigenvalue weighted by Gasteiger charge is -2.09. The molecule has 0 radical (unpaired) electrons. The zero-order valence-corrected chi connectivity index (χ0v) is 32.6. The van der Waals surface area contributed by atoms with Crippen LogP contribution in [0.15, 0.2) is 94.7 Å². The summed E-state index contributed by atoms with van der Waals surface area (Å²) in [6, 6.07) is 26.2. The second kappa shape index (κ2) is 28.5. The van der Waals surface area contributed by atoms with Gasteiger partial charge in [-0.1, -0.05) is 145 Å². The first-order valence-electron chi connectivity index (χ1n) is 16.2. The van der Waals surface area contributed by atoms with Gasteiger partial charge in [-0.05, 0) is 41.8 Å². The highest BCUT2D eigenvalue weighted by atomic mass is 32.2. The largest absolute Gasteiger partial charge is 0.537 e. The number of halogens is 6. The van der Waals surface area contributed by atoms with Gasteiger partial charge < -0.3 is 0 Å². The lowest BCUT2D eigenvalue weighted by molar-refractivity contribution is -0.277. The summed E-state index contributed by atoms with van der Waals surface area (Å²) >= 11 is 4.26. The Morgan fingerprint density at radius 3 is 1.23 bits per heavy atom. The predicted molar refractivity (Wildman–Crippen MR) is 193 cm³/mol. The molecule has 3 aromatic carbocycles. The minimum Gasteiger partial charge on any atom is -0.282 e.